The number of hydrogen-bond donors (Lipinski definition) is 1. The molecular formula is C20H23N5O. The van der Waals surface area contributed by atoms with Crippen molar-refractivity contribution in [3.8, 4) is 0 Å². The number of para-hydroxylation sites is 1. The van der Waals surface area contributed by atoms with E-state index in [9.17, 15) is 4.79 Å². The Hall–Kier alpha value is -2.63. The van der Waals surface area contributed by atoms with Gasteiger partial charge in [0.1, 0.15) is 0 Å². The van der Waals surface area contributed by atoms with E-state index in [1.165, 1.54) is 18.5 Å². The Morgan fingerprint density at radius 2 is 2.04 bits per heavy atom. The summed E-state index contributed by atoms with van der Waals surface area (Å²) in [7, 11) is 0. The number of nitrogens with one attached hydrogen (secondary N) is 1. The smallest absolute Gasteiger partial charge is 0.223 e. The van der Waals surface area contributed by atoms with Gasteiger partial charge >= 0.3 is 0 Å². The second kappa shape index (κ2) is 6.27. The van der Waals surface area contributed by atoms with Crippen molar-refractivity contribution in [3.63, 3.8) is 0 Å². The molecule has 1 aliphatic carbocycles. The summed E-state index contributed by atoms with van der Waals surface area (Å²) in [5.74, 6) is 1.35. The van der Waals surface area contributed by atoms with E-state index in [4.69, 9.17) is 4.98 Å². The standard InChI is InChI=1S/C20H23N5O/c26-19-10-14(13-25(19)16-6-7-16)11-21-20-22-12-18-17(23-20)8-9-24(18)15-4-2-1-3-5-15/h1-5,12,14,16H,6-11,13H2,(H,21,22,23)/t14-/m0/s1. The summed E-state index contributed by atoms with van der Waals surface area (Å²) < 4.78 is 0. The van der Waals surface area contributed by atoms with Gasteiger partial charge in [0.25, 0.3) is 0 Å². The molecule has 6 heteroatoms. The molecule has 2 aliphatic heterocycles. The molecule has 3 aliphatic rings. The van der Waals surface area contributed by atoms with Crippen molar-refractivity contribution in [2.24, 2.45) is 5.92 Å². The number of nitrogens with zero attached hydrogens (tertiary/aromatic N) is 4. The molecule has 2 aromatic rings. The minimum Gasteiger partial charge on any atom is -0.354 e. The second-order valence-corrected chi connectivity index (χ2v) is 7.49. The molecule has 26 heavy (non-hydrogen) atoms. The van der Waals surface area contributed by atoms with Crippen LogP contribution in [0.4, 0.5) is 17.3 Å². The molecule has 134 valence electrons. The van der Waals surface area contributed by atoms with E-state index in [0.29, 0.717) is 30.2 Å². The Labute approximate surface area is 153 Å². The molecule has 0 unspecified atom stereocenters. The van der Waals surface area contributed by atoms with E-state index in [0.717, 1.165) is 37.4 Å². The lowest BCUT2D eigenvalue weighted by atomic mass is 10.1. The van der Waals surface area contributed by atoms with Gasteiger partial charge in [-0.1, -0.05) is 18.2 Å². The maximum atomic E-state index is 12.1. The van der Waals surface area contributed by atoms with Crippen molar-refractivity contribution in [2.75, 3.05) is 29.9 Å². The molecule has 2 fully saturated rings. The molecule has 1 saturated heterocycles. The van der Waals surface area contributed by atoms with Gasteiger partial charge in [-0.2, -0.15) is 0 Å². The summed E-state index contributed by atoms with van der Waals surface area (Å²) in [6.07, 6.45) is 5.85. The second-order valence-electron chi connectivity index (χ2n) is 7.49. The first-order valence-electron chi connectivity index (χ1n) is 9.50. The number of anilines is 3. The van der Waals surface area contributed by atoms with Crippen molar-refractivity contribution in [2.45, 2.75) is 31.7 Å². The lowest BCUT2D eigenvalue weighted by molar-refractivity contribution is -0.128. The largest absolute Gasteiger partial charge is 0.354 e. The summed E-state index contributed by atoms with van der Waals surface area (Å²) in [4.78, 5) is 25.6. The Kier molecular flexibility index (Phi) is 3.76. The van der Waals surface area contributed by atoms with Crippen LogP contribution in [0, 0.1) is 5.92 Å². The van der Waals surface area contributed by atoms with Crippen LogP contribution in [0.3, 0.4) is 0 Å². The first-order chi connectivity index (χ1) is 12.8. The fourth-order valence-corrected chi connectivity index (χ4v) is 4.04. The first kappa shape index (κ1) is 15.6. The van der Waals surface area contributed by atoms with Gasteiger partial charge < -0.3 is 15.1 Å². The van der Waals surface area contributed by atoms with E-state index in [1.54, 1.807) is 0 Å². The minimum atomic E-state index is 0.313. The molecule has 1 amide bonds. The van der Waals surface area contributed by atoms with Gasteiger partial charge in [0.2, 0.25) is 11.9 Å². The van der Waals surface area contributed by atoms with Gasteiger partial charge in [-0.05, 0) is 25.0 Å². The summed E-state index contributed by atoms with van der Waals surface area (Å²) in [6.45, 7) is 2.57. The van der Waals surface area contributed by atoms with Crippen LogP contribution in [0.2, 0.25) is 0 Å². The molecule has 1 aromatic carbocycles. The van der Waals surface area contributed by atoms with Crippen molar-refractivity contribution in [1.29, 1.82) is 0 Å². The van der Waals surface area contributed by atoms with Crippen LogP contribution in [0.15, 0.2) is 36.5 Å². The van der Waals surface area contributed by atoms with Crippen molar-refractivity contribution in [1.82, 2.24) is 14.9 Å². The average Bonchev–Trinajstić information content (AvgIpc) is 3.32. The van der Waals surface area contributed by atoms with Crippen LogP contribution < -0.4 is 10.2 Å². The summed E-state index contributed by atoms with van der Waals surface area (Å²) in [5.41, 5.74) is 3.37. The first-order valence-corrected chi connectivity index (χ1v) is 9.50. The lowest BCUT2D eigenvalue weighted by Gasteiger charge is -2.19. The van der Waals surface area contributed by atoms with Gasteiger partial charge in [0, 0.05) is 50.1 Å². The van der Waals surface area contributed by atoms with Crippen LogP contribution in [0.5, 0.6) is 0 Å². The normalized spacial score (nSPS) is 22.0. The Morgan fingerprint density at radius 3 is 2.85 bits per heavy atom. The van der Waals surface area contributed by atoms with Crippen molar-refractivity contribution < 1.29 is 4.79 Å². The van der Waals surface area contributed by atoms with Gasteiger partial charge in [-0.3, -0.25) is 4.79 Å². The number of hydrogen-bond acceptors (Lipinski definition) is 5. The highest BCUT2D eigenvalue weighted by Crippen LogP contribution is 2.34. The molecule has 1 saturated carbocycles. The highest BCUT2D eigenvalue weighted by Gasteiger charge is 2.39. The molecule has 1 N–H and O–H groups in total. The zero-order valence-electron chi connectivity index (χ0n) is 14.8. The molecule has 0 radical (unpaired) electrons. The summed E-state index contributed by atoms with van der Waals surface area (Å²) in [6, 6.07) is 10.9. The molecule has 1 atom stereocenters. The summed E-state index contributed by atoms with van der Waals surface area (Å²) in [5, 5.41) is 3.35. The molecule has 3 heterocycles. The monoisotopic (exact) mass is 349 g/mol. The molecule has 5 rings (SSSR count). The van der Waals surface area contributed by atoms with Crippen LogP contribution in [0.1, 0.15) is 25.0 Å². The highest BCUT2D eigenvalue weighted by atomic mass is 16.2. The van der Waals surface area contributed by atoms with Crippen LogP contribution in [-0.4, -0.2) is 46.5 Å². The Balaban J connectivity index is 1.24. The van der Waals surface area contributed by atoms with Gasteiger partial charge in [-0.25, -0.2) is 9.97 Å². The van der Waals surface area contributed by atoms with Gasteiger partial charge in [0.15, 0.2) is 0 Å². The fourth-order valence-electron chi connectivity index (χ4n) is 4.04. The van der Waals surface area contributed by atoms with E-state index in [-0.39, 0.29) is 0 Å². The van der Waals surface area contributed by atoms with E-state index in [2.05, 4.69) is 44.4 Å². The number of likely N-dealkylation sites (tertiary alicyclic amines) is 1. The predicted molar refractivity (Wildman–Crippen MR) is 101 cm³/mol. The third-order valence-electron chi connectivity index (χ3n) is 5.55. The number of aromatic nitrogens is 2. The maximum Gasteiger partial charge on any atom is 0.223 e. The molecule has 1 aromatic heterocycles. The molecular weight excluding hydrogens is 326 g/mol. The van der Waals surface area contributed by atoms with Crippen molar-refractivity contribution >= 4 is 23.2 Å². The number of amides is 1. The average molecular weight is 349 g/mol. The van der Waals surface area contributed by atoms with E-state index >= 15 is 0 Å². The molecule has 6 nitrogen and oxygen atoms in total. The van der Waals surface area contributed by atoms with Crippen LogP contribution in [0.25, 0.3) is 0 Å². The third kappa shape index (κ3) is 2.89. The molecule has 0 spiro atoms. The van der Waals surface area contributed by atoms with E-state index < -0.39 is 0 Å². The van der Waals surface area contributed by atoms with Crippen molar-refractivity contribution in [3.05, 3.63) is 42.2 Å². The number of fused-ring (bicyclic) bond motifs is 1. The SMILES string of the molecule is O=C1C[C@@H](CNc2ncc3c(n2)CCN3c2ccccc2)CN1C1CC1. The summed E-state index contributed by atoms with van der Waals surface area (Å²) >= 11 is 0. The topological polar surface area (TPSA) is 61.4 Å². The Bertz CT molecular complexity index is 820. The van der Waals surface area contributed by atoms with Gasteiger partial charge in [-0.15, -0.1) is 0 Å². The predicted octanol–water partition coefficient (Wildman–Crippen LogP) is 2.59. The lowest BCUT2D eigenvalue weighted by Crippen LogP contribution is -2.28. The number of benzene rings is 1. The fraction of sp³-hybridized carbons (Fsp3) is 0.450. The van der Waals surface area contributed by atoms with Crippen LogP contribution >= 0.6 is 0 Å². The van der Waals surface area contributed by atoms with Gasteiger partial charge in [0.05, 0.1) is 17.6 Å². The van der Waals surface area contributed by atoms with Crippen LogP contribution in [-0.2, 0) is 11.2 Å². The maximum absolute atomic E-state index is 12.1. The zero-order chi connectivity index (χ0) is 17.5. The number of rotatable bonds is 5. The molecule has 0 bridgehead atoms. The number of carbonyl (C=O) groups excluding carboxylic acids is 1. The van der Waals surface area contributed by atoms with E-state index in [1.807, 2.05) is 12.3 Å². The zero-order valence-corrected chi connectivity index (χ0v) is 14.8. The number of carbonyl (C=O) groups is 1. The quantitative estimate of drug-likeness (QED) is 0.899. The Morgan fingerprint density at radius 1 is 1.19 bits per heavy atom. The minimum absolute atomic E-state index is 0.313. The highest BCUT2D eigenvalue weighted by molar-refractivity contribution is 5.79. The third-order valence-corrected chi connectivity index (χ3v) is 5.55.